The number of hydrogen-bond donors (Lipinski definition) is 3. The van der Waals surface area contributed by atoms with Crippen molar-refractivity contribution in [2.75, 3.05) is 13.2 Å². The van der Waals surface area contributed by atoms with E-state index in [2.05, 4.69) is 5.32 Å². The Hall–Kier alpha value is -1.13. The van der Waals surface area contributed by atoms with Crippen molar-refractivity contribution in [1.82, 2.24) is 5.32 Å². The number of nitrogens with one attached hydrogen (secondary N) is 1. The third-order valence-electron chi connectivity index (χ3n) is 2.02. The summed E-state index contributed by atoms with van der Waals surface area (Å²) in [5.41, 5.74) is 0.499. The molecule has 0 heterocycles. The number of benzene rings is 1. The summed E-state index contributed by atoms with van der Waals surface area (Å²) in [5.74, 6) is -0.320. The van der Waals surface area contributed by atoms with Crippen molar-refractivity contribution in [3.05, 3.63) is 29.6 Å². The zero-order valence-electron chi connectivity index (χ0n) is 8.00. The van der Waals surface area contributed by atoms with E-state index in [1.807, 2.05) is 0 Å². The molecule has 3 N–H and O–H groups in total. The van der Waals surface area contributed by atoms with Crippen LogP contribution in [0.4, 0.5) is 4.39 Å². The standard InChI is InChI=1S/C10H14FNO2/c1-7(12-4-5-13)9-6-8(11)2-3-10(9)14/h2-3,6-7,12-14H,4-5H2,1H3. The second-order valence-corrected chi connectivity index (χ2v) is 3.10. The maximum absolute atomic E-state index is 12.8. The molecule has 0 amide bonds. The van der Waals surface area contributed by atoms with Crippen LogP contribution in [0.5, 0.6) is 5.75 Å². The minimum absolute atomic E-state index is 0.0143. The fraction of sp³-hybridized carbons (Fsp3) is 0.400. The Morgan fingerprint density at radius 1 is 1.50 bits per heavy atom. The van der Waals surface area contributed by atoms with Crippen LogP contribution < -0.4 is 5.32 Å². The van der Waals surface area contributed by atoms with Crippen LogP contribution in [-0.2, 0) is 0 Å². The largest absolute Gasteiger partial charge is 0.508 e. The van der Waals surface area contributed by atoms with Gasteiger partial charge in [-0.25, -0.2) is 4.39 Å². The molecular formula is C10H14FNO2. The Labute approximate surface area is 82.2 Å². The summed E-state index contributed by atoms with van der Waals surface area (Å²) < 4.78 is 12.8. The van der Waals surface area contributed by atoms with Crippen LogP contribution in [-0.4, -0.2) is 23.4 Å². The number of aromatic hydroxyl groups is 1. The monoisotopic (exact) mass is 199 g/mol. The number of halogens is 1. The van der Waals surface area contributed by atoms with Gasteiger partial charge >= 0.3 is 0 Å². The van der Waals surface area contributed by atoms with E-state index >= 15 is 0 Å². The van der Waals surface area contributed by atoms with Crippen molar-refractivity contribution < 1.29 is 14.6 Å². The predicted molar refractivity (Wildman–Crippen MR) is 51.6 cm³/mol. The summed E-state index contributed by atoms with van der Waals surface area (Å²) in [5, 5.41) is 21.0. The normalized spacial score (nSPS) is 12.8. The van der Waals surface area contributed by atoms with Gasteiger partial charge in [0.05, 0.1) is 6.61 Å². The maximum atomic E-state index is 12.8. The molecule has 3 nitrogen and oxygen atoms in total. The van der Waals surface area contributed by atoms with Gasteiger partial charge in [0.2, 0.25) is 0 Å². The van der Waals surface area contributed by atoms with E-state index in [-0.39, 0.29) is 24.2 Å². The molecular weight excluding hydrogens is 185 g/mol. The van der Waals surface area contributed by atoms with Crippen LogP contribution in [0.3, 0.4) is 0 Å². The number of rotatable bonds is 4. The van der Waals surface area contributed by atoms with Gasteiger partial charge in [-0.1, -0.05) is 0 Å². The Kier molecular flexibility index (Phi) is 3.85. The van der Waals surface area contributed by atoms with Crippen molar-refractivity contribution in [2.45, 2.75) is 13.0 Å². The first-order valence-corrected chi connectivity index (χ1v) is 4.48. The number of phenolic OH excluding ortho intramolecular Hbond substituents is 1. The van der Waals surface area contributed by atoms with E-state index in [1.54, 1.807) is 6.92 Å². The third kappa shape index (κ3) is 2.68. The lowest BCUT2D eigenvalue weighted by atomic mass is 10.1. The average Bonchev–Trinajstić information content (AvgIpc) is 2.18. The Morgan fingerprint density at radius 2 is 2.21 bits per heavy atom. The number of hydrogen-bond acceptors (Lipinski definition) is 3. The number of aliphatic hydroxyl groups is 1. The van der Waals surface area contributed by atoms with Gasteiger partial charge in [0.1, 0.15) is 11.6 Å². The van der Waals surface area contributed by atoms with Crippen molar-refractivity contribution >= 4 is 0 Å². The molecule has 0 aliphatic heterocycles. The van der Waals surface area contributed by atoms with Gasteiger partial charge < -0.3 is 15.5 Å². The van der Waals surface area contributed by atoms with E-state index in [4.69, 9.17) is 5.11 Å². The molecule has 0 bridgehead atoms. The van der Waals surface area contributed by atoms with Gasteiger partial charge in [0, 0.05) is 18.2 Å². The molecule has 1 atom stereocenters. The van der Waals surface area contributed by atoms with Crippen LogP contribution in [0.15, 0.2) is 18.2 Å². The predicted octanol–water partition coefficient (Wildman–Crippen LogP) is 1.17. The zero-order valence-corrected chi connectivity index (χ0v) is 8.00. The Balaban J connectivity index is 2.77. The average molecular weight is 199 g/mol. The van der Waals surface area contributed by atoms with Crippen molar-refractivity contribution in [3.8, 4) is 5.75 Å². The number of phenols is 1. The topological polar surface area (TPSA) is 52.5 Å². The van der Waals surface area contributed by atoms with E-state index < -0.39 is 0 Å². The highest BCUT2D eigenvalue weighted by Crippen LogP contribution is 2.24. The lowest BCUT2D eigenvalue weighted by molar-refractivity contribution is 0.285. The molecule has 0 fully saturated rings. The molecule has 0 aliphatic carbocycles. The summed E-state index contributed by atoms with van der Waals surface area (Å²) in [4.78, 5) is 0. The van der Waals surface area contributed by atoms with Crippen LogP contribution >= 0.6 is 0 Å². The third-order valence-corrected chi connectivity index (χ3v) is 2.02. The van der Waals surface area contributed by atoms with Gasteiger partial charge in [-0.3, -0.25) is 0 Å². The zero-order chi connectivity index (χ0) is 10.6. The lowest BCUT2D eigenvalue weighted by Gasteiger charge is -2.14. The lowest BCUT2D eigenvalue weighted by Crippen LogP contribution is -2.22. The first kappa shape index (κ1) is 10.9. The SMILES string of the molecule is CC(NCCO)c1cc(F)ccc1O. The van der Waals surface area contributed by atoms with Gasteiger partial charge in [-0.05, 0) is 25.1 Å². The number of aliphatic hydroxyl groups excluding tert-OH is 1. The fourth-order valence-electron chi connectivity index (χ4n) is 1.26. The van der Waals surface area contributed by atoms with Crippen molar-refractivity contribution in [3.63, 3.8) is 0 Å². The molecule has 0 saturated carbocycles. The molecule has 1 unspecified atom stereocenters. The first-order chi connectivity index (χ1) is 6.65. The van der Waals surface area contributed by atoms with E-state index in [1.165, 1.54) is 18.2 Å². The minimum atomic E-state index is -0.379. The fourth-order valence-corrected chi connectivity index (χ4v) is 1.26. The van der Waals surface area contributed by atoms with Crippen molar-refractivity contribution in [1.29, 1.82) is 0 Å². The minimum Gasteiger partial charge on any atom is -0.508 e. The van der Waals surface area contributed by atoms with E-state index in [0.717, 1.165) is 0 Å². The van der Waals surface area contributed by atoms with Crippen LogP contribution in [0, 0.1) is 5.82 Å². The molecule has 0 aromatic heterocycles. The van der Waals surface area contributed by atoms with E-state index in [0.29, 0.717) is 12.1 Å². The highest BCUT2D eigenvalue weighted by molar-refractivity contribution is 5.34. The summed E-state index contributed by atoms with van der Waals surface area (Å²) in [6, 6.07) is 3.63. The van der Waals surface area contributed by atoms with E-state index in [9.17, 15) is 9.50 Å². The molecule has 4 heteroatoms. The van der Waals surface area contributed by atoms with Crippen molar-refractivity contribution in [2.24, 2.45) is 0 Å². The molecule has 0 radical (unpaired) electrons. The summed E-state index contributed by atoms with van der Waals surface area (Å²) in [6.07, 6.45) is 0. The van der Waals surface area contributed by atoms with Gasteiger partial charge in [-0.2, -0.15) is 0 Å². The van der Waals surface area contributed by atoms with Gasteiger partial charge in [0.15, 0.2) is 0 Å². The van der Waals surface area contributed by atoms with Gasteiger partial charge in [-0.15, -0.1) is 0 Å². The highest BCUT2D eigenvalue weighted by atomic mass is 19.1. The first-order valence-electron chi connectivity index (χ1n) is 4.48. The molecule has 0 spiro atoms. The molecule has 0 aliphatic rings. The van der Waals surface area contributed by atoms with Crippen LogP contribution in [0.2, 0.25) is 0 Å². The molecule has 1 aromatic rings. The highest BCUT2D eigenvalue weighted by Gasteiger charge is 2.10. The maximum Gasteiger partial charge on any atom is 0.123 e. The summed E-state index contributed by atoms with van der Waals surface area (Å²) in [6.45, 7) is 2.22. The Morgan fingerprint density at radius 3 is 2.86 bits per heavy atom. The molecule has 0 saturated heterocycles. The molecule has 1 rings (SSSR count). The Bertz CT molecular complexity index is 304. The quantitative estimate of drug-likeness (QED) is 0.682. The summed E-state index contributed by atoms with van der Waals surface area (Å²) >= 11 is 0. The molecule has 78 valence electrons. The van der Waals surface area contributed by atoms with Gasteiger partial charge in [0.25, 0.3) is 0 Å². The second kappa shape index (κ2) is 4.93. The van der Waals surface area contributed by atoms with Crippen LogP contribution in [0.25, 0.3) is 0 Å². The molecule has 14 heavy (non-hydrogen) atoms. The molecule has 1 aromatic carbocycles. The second-order valence-electron chi connectivity index (χ2n) is 3.10. The summed E-state index contributed by atoms with van der Waals surface area (Å²) in [7, 11) is 0. The van der Waals surface area contributed by atoms with Crippen LogP contribution in [0.1, 0.15) is 18.5 Å². The smallest absolute Gasteiger partial charge is 0.123 e.